The minimum atomic E-state index is 0.932. The monoisotopic (exact) mass is 277 g/mol. The van der Waals surface area contributed by atoms with Crippen molar-refractivity contribution in [3.05, 3.63) is 27.1 Å². The van der Waals surface area contributed by atoms with Crippen LogP contribution in [0, 0.1) is 0 Å². The third-order valence-electron chi connectivity index (χ3n) is 1.32. The standard InChI is InChI=1S/C8H9Br2N/c1-2-11-8-6(9)4-3-5-7(8)10/h3-5,11H,2H2,1H3. The number of anilines is 1. The maximum absolute atomic E-state index is 3.46. The number of hydrogen-bond acceptors (Lipinski definition) is 1. The largest absolute Gasteiger partial charge is 0.383 e. The van der Waals surface area contributed by atoms with Gasteiger partial charge >= 0.3 is 0 Å². The van der Waals surface area contributed by atoms with E-state index in [0.29, 0.717) is 0 Å². The highest BCUT2D eigenvalue weighted by molar-refractivity contribution is 9.11. The van der Waals surface area contributed by atoms with Gasteiger partial charge in [0.1, 0.15) is 0 Å². The summed E-state index contributed by atoms with van der Waals surface area (Å²) in [4.78, 5) is 0. The molecule has 0 saturated heterocycles. The SMILES string of the molecule is CCNc1c(Br)cccc1Br. The highest BCUT2D eigenvalue weighted by Crippen LogP contribution is 2.29. The molecule has 0 spiro atoms. The van der Waals surface area contributed by atoms with Gasteiger partial charge < -0.3 is 5.32 Å². The molecule has 60 valence electrons. The van der Waals surface area contributed by atoms with Crippen LogP contribution in [0.1, 0.15) is 6.92 Å². The molecule has 0 heterocycles. The first-order chi connectivity index (χ1) is 5.25. The number of para-hydroxylation sites is 1. The van der Waals surface area contributed by atoms with E-state index in [9.17, 15) is 0 Å². The number of halogens is 2. The predicted octanol–water partition coefficient (Wildman–Crippen LogP) is 3.64. The maximum atomic E-state index is 3.46. The van der Waals surface area contributed by atoms with Gasteiger partial charge in [0, 0.05) is 15.5 Å². The van der Waals surface area contributed by atoms with Crippen LogP contribution in [0.5, 0.6) is 0 Å². The van der Waals surface area contributed by atoms with E-state index in [1.165, 1.54) is 0 Å². The molecule has 0 bridgehead atoms. The van der Waals surface area contributed by atoms with E-state index in [4.69, 9.17) is 0 Å². The Hall–Kier alpha value is -0.0200. The second-order valence-corrected chi connectivity index (χ2v) is 3.84. The van der Waals surface area contributed by atoms with Crippen molar-refractivity contribution in [2.24, 2.45) is 0 Å². The third-order valence-corrected chi connectivity index (χ3v) is 2.64. The smallest absolute Gasteiger partial charge is 0.0628 e. The highest BCUT2D eigenvalue weighted by atomic mass is 79.9. The Morgan fingerprint density at radius 1 is 1.27 bits per heavy atom. The first-order valence-electron chi connectivity index (χ1n) is 3.43. The summed E-state index contributed by atoms with van der Waals surface area (Å²) >= 11 is 6.91. The molecule has 0 aliphatic heterocycles. The maximum Gasteiger partial charge on any atom is 0.0628 e. The molecule has 0 aliphatic rings. The molecule has 1 N–H and O–H groups in total. The molecule has 1 aromatic rings. The Bertz CT molecular complexity index is 228. The fourth-order valence-corrected chi connectivity index (χ4v) is 2.12. The van der Waals surface area contributed by atoms with E-state index in [1.54, 1.807) is 0 Å². The average molecular weight is 279 g/mol. The second kappa shape index (κ2) is 4.12. The van der Waals surface area contributed by atoms with E-state index in [-0.39, 0.29) is 0 Å². The summed E-state index contributed by atoms with van der Waals surface area (Å²) in [5.41, 5.74) is 1.12. The zero-order chi connectivity index (χ0) is 8.27. The molecule has 3 heteroatoms. The Labute approximate surface area is 83.4 Å². The van der Waals surface area contributed by atoms with Gasteiger partial charge in [-0.3, -0.25) is 0 Å². The van der Waals surface area contributed by atoms with Gasteiger partial charge in [0.05, 0.1) is 5.69 Å². The summed E-state index contributed by atoms with van der Waals surface area (Å²) in [5, 5.41) is 3.25. The van der Waals surface area contributed by atoms with Crippen LogP contribution in [-0.2, 0) is 0 Å². The minimum Gasteiger partial charge on any atom is -0.383 e. The van der Waals surface area contributed by atoms with Gasteiger partial charge in [-0.15, -0.1) is 0 Å². The molecule has 0 aromatic heterocycles. The molecule has 0 unspecified atom stereocenters. The van der Waals surface area contributed by atoms with Crippen LogP contribution in [0.25, 0.3) is 0 Å². The van der Waals surface area contributed by atoms with Crippen LogP contribution < -0.4 is 5.32 Å². The van der Waals surface area contributed by atoms with Crippen LogP contribution in [0.15, 0.2) is 27.1 Å². The quantitative estimate of drug-likeness (QED) is 0.871. The van der Waals surface area contributed by atoms with Gasteiger partial charge in [0.25, 0.3) is 0 Å². The minimum absolute atomic E-state index is 0.932. The molecule has 11 heavy (non-hydrogen) atoms. The fourth-order valence-electron chi connectivity index (χ4n) is 0.843. The number of benzene rings is 1. The normalized spacial score (nSPS) is 9.73. The molecule has 1 rings (SSSR count). The van der Waals surface area contributed by atoms with Crippen molar-refractivity contribution in [1.82, 2.24) is 0 Å². The van der Waals surface area contributed by atoms with E-state index in [1.807, 2.05) is 18.2 Å². The zero-order valence-corrected chi connectivity index (χ0v) is 9.37. The van der Waals surface area contributed by atoms with Crippen molar-refractivity contribution >= 4 is 37.5 Å². The number of hydrogen-bond donors (Lipinski definition) is 1. The molecule has 0 amide bonds. The number of rotatable bonds is 2. The molecule has 0 aliphatic carbocycles. The van der Waals surface area contributed by atoms with Crippen LogP contribution in [-0.4, -0.2) is 6.54 Å². The van der Waals surface area contributed by atoms with Crippen molar-refractivity contribution in [3.63, 3.8) is 0 Å². The van der Waals surface area contributed by atoms with Crippen molar-refractivity contribution in [3.8, 4) is 0 Å². The summed E-state index contributed by atoms with van der Waals surface area (Å²) in [6, 6.07) is 6.03. The first-order valence-corrected chi connectivity index (χ1v) is 5.02. The topological polar surface area (TPSA) is 12.0 Å². The second-order valence-electron chi connectivity index (χ2n) is 2.13. The molecule has 1 aromatic carbocycles. The van der Waals surface area contributed by atoms with Crippen molar-refractivity contribution in [2.75, 3.05) is 11.9 Å². The molecule has 0 saturated carbocycles. The van der Waals surface area contributed by atoms with Crippen LogP contribution in [0.3, 0.4) is 0 Å². The lowest BCUT2D eigenvalue weighted by Gasteiger charge is -2.07. The predicted molar refractivity (Wildman–Crippen MR) is 56.0 cm³/mol. The Balaban J connectivity index is 3.00. The first kappa shape index (κ1) is 9.07. The fraction of sp³-hybridized carbons (Fsp3) is 0.250. The van der Waals surface area contributed by atoms with E-state index in [0.717, 1.165) is 21.2 Å². The van der Waals surface area contributed by atoms with Gasteiger partial charge in [-0.1, -0.05) is 6.07 Å². The van der Waals surface area contributed by atoms with Crippen molar-refractivity contribution in [2.45, 2.75) is 6.92 Å². The molecule has 0 atom stereocenters. The lowest BCUT2D eigenvalue weighted by Crippen LogP contribution is -1.97. The highest BCUT2D eigenvalue weighted by Gasteiger charge is 2.00. The Morgan fingerprint density at radius 2 is 1.82 bits per heavy atom. The van der Waals surface area contributed by atoms with E-state index < -0.39 is 0 Å². The third kappa shape index (κ3) is 2.20. The van der Waals surface area contributed by atoms with Gasteiger partial charge in [-0.05, 0) is 50.9 Å². The van der Waals surface area contributed by atoms with Crippen LogP contribution in [0.4, 0.5) is 5.69 Å². The summed E-state index contributed by atoms with van der Waals surface area (Å²) in [5.74, 6) is 0. The zero-order valence-electron chi connectivity index (χ0n) is 6.20. The van der Waals surface area contributed by atoms with Crippen molar-refractivity contribution in [1.29, 1.82) is 0 Å². The number of nitrogens with one attached hydrogen (secondary N) is 1. The molecular formula is C8H9Br2N. The van der Waals surface area contributed by atoms with Gasteiger partial charge in [0.15, 0.2) is 0 Å². The van der Waals surface area contributed by atoms with Gasteiger partial charge in [-0.25, -0.2) is 0 Å². The Kier molecular flexibility index (Phi) is 3.40. The van der Waals surface area contributed by atoms with Gasteiger partial charge in [-0.2, -0.15) is 0 Å². The summed E-state index contributed by atoms with van der Waals surface area (Å²) in [6.07, 6.45) is 0. The summed E-state index contributed by atoms with van der Waals surface area (Å²) in [7, 11) is 0. The van der Waals surface area contributed by atoms with Crippen LogP contribution in [0.2, 0.25) is 0 Å². The summed E-state index contributed by atoms with van der Waals surface area (Å²) < 4.78 is 2.18. The molecule has 0 radical (unpaired) electrons. The molecule has 0 fully saturated rings. The lowest BCUT2D eigenvalue weighted by molar-refractivity contribution is 1.20. The summed E-state index contributed by atoms with van der Waals surface area (Å²) in [6.45, 7) is 3.01. The Morgan fingerprint density at radius 3 is 2.27 bits per heavy atom. The van der Waals surface area contributed by atoms with Crippen LogP contribution >= 0.6 is 31.9 Å². The molecule has 1 nitrogen and oxygen atoms in total. The average Bonchev–Trinajstić information content (AvgIpc) is 1.97. The molecular weight excluding hydrogens is 270 g/mol. The van der Waals surface area contributed by atoms with E-state index >= 15 is 0 Å². The van der Waals surface area contributed by atoms with E-state index in [2.05, 4.69) is 44.1 Å². The van der Waals surface area contributed by atoms with Gasteiger partial charge in [0.2, 0.25) is 0 Å². The van der Waals surface area contributed by atoms with Crippen molar-refractivity contribution < 1.29 is 0 Å². The lowest BCUT2D eigenvalue weighted by atomic mass is 10.3.